The molecule has 0 amide bonds. The van der Waals surface area contributed by atoms with Gasteiger partial charge < -0.3 is 14.7 Å². The van der Waals surface area contributed by atoms with E-state index in [0.29, 0.717) is 0 Å². The lowest BCUT2D eigenvalue weighted by molar-refractivity contribution is -0.972. The van der Waals surface area contributed by atoms with Crippen LogP contribution in [0.25, 0.3) is 0 Å². The summed E-state index contributed by atoms with van der Waals surface area (Å²) < 4.78 is 0. The van der Waals surface area contributed by atoms with Gasteiger partial charge in [0.05, 0.1) is 45.8 Å². The molecule has 3 N–H and O–H groups in total. The minimum absolute atomic E-state index is 0.931. The van der Waals surface area contributed by atoms with Crippen LogP contribution in [-0.4, -0.2) is 58.9 Å². The van der Waals surface area contributed by atoms with Crippen LogP contribution >= 0.6 is 0 Å². The van der Waals surface area contributed by atoms with E-state index in [0.717, 1.165) is 6.04 Å². The zero-order valence-electron chi connectivity index (χ0n) is 12.4. The van der Waals surface area contributed by atoms with Crippen molar-refractivity contribution in [3.05, 3.63) is 0 Å². The Bertz CT molecular complexity index is 184. The molecule has 1 heterocycles. The Hall–Kier alpha value is -0.120. The molecule has 1 unspecified atom stereocenters. The maximum Gasteiger partial charge on any atom is 0.127 e. The summed E-state index contributed by atoms with van der Waals surface area (Å²) in [6.07, 6.45) is 2.87. The van der Waals surface area contributed by atoms with E-state index < -0.39 is 0 Å². The van der Waals surface area contributed by atoms with Gasteiger partial charge in [0, 0.05) is 12.8 Å². The SMILES string of the molecule is CC[NH+](CC)CC[NH+](C)C1CC[NH+](CC)CC1. The number of hydrogen-bond acceptors (Lipinski definition) is 0. The first-order valence-electron chi connectivity index (χ1n) is 7.70. The van der Waals surface area contributed by atoms with Gasteiger partial charge in [0.2, 0.25) is 0 Å². The lowest BCUT2D eigenvalue weighted by Crippen LogP contribution is -3.22. The van der Waals surface area contributed by atoms with Crippen LogP contribution < -0.4 is 14.7 Å². The fourth-order valence-electron chi connectivity index (χ4n) is 3.05. The first-order chi connectivity index (χ1) is 8.21. The van der Waals surface area contributed by atoms with Gasteiger partial charge in [-0.2, -0.15) is 0 Å². The third kappa shape index (κ3) is 4.94. The monoisotopic (exact) mass is 244 g/mol. The quantitative estimate of drug-likeness (QED) is 0.438. The molecule has 0 aromatic carbocycles. The van der Waals surface area contributed by atoms with Crippen molar-refractivity contribution in [2.75, 3.05) is 52.9 Å². The van der Waals surface area contributed by atoms with Crippen molar-refractivity contribution in [3.8, 4) is 0 Å². The van der Waals surface area contributed by atoms with Crippen molar-refractivity contribution in [1.82, 2.24) is 0 Å². The molecule has 3 nitrogen and oxygen atoms in total. The molecule has 17 heavy (non-hydrogen) atoms. The molecule has 1 fully saturated rings. The van der Waals surface area contributed by atoms with Crippen LogP contribution in [0, 0.1) is 0 Å². The smallest absolute Gasteiger partial charge is 0.127 e. The highest BCUT2D eigenvalue weighted by Gasteiger charge is 2.27. The summed E-state index contributed by atoms with van der Waals surface area (Å²) in [6, 6.07) is 0.931. The van der Waals surface area contributed by atoms with Gasteiger partial charge in [-0.05, 0) is 20.8 Å². The molecule has 0 aromatic rings. The first-order valence-corrected chi connectivity index (χ1v) is 7.70. The molecule has 0 bridgehead atoms. The van der Waals surface area contributed by atoms with Gasteiger partial charge in [0.25, 0.3) is 0 Å². The van der Waals surface area contributed by atoms with Crippen LogP contribution in [0.4, 0.5) is 0 Å². The Morgan fingerprint density at radius 2 is 1.59 bits per heavy atom. The molecule has 0 radical (unpaired) electrons. The van der Waals surface area contributed by atoms with Crippen LogP contribution in [0.1, 0.15) is 33.6 Å². The van der Waals surface area contributed by atoms with Gasteiger partial charge in [0.1, 0.15) is 13.1 Å². The van der Waals surface area contributed by atoms with E-state index in [1.165, 1.54) is 58.7 Å². The van der Waals surface area contributed by atoms with E-state index in [1.54, 1.807) is 9.80 Å². The molecule has 1 saturated heterocycles. The molecule has 0 saturated carbocycles. The second kappa shape index (κ2) is 8.06. The average molecular weight is 244 g/mol. The highest BCUT2D eigenvalue weighted by atomic mass is 15.2. The van der Waals surface area contributed by atoms with Crippen LogP contribution in [0.3, 0.4) is 0 Å². The third-order valence-corrected chi connectivity index (χ3v) is 4.76. The predicted molar refractivity (Wildman–Crippen MR) is 72.9 cm³/mol. The zero-order chi connectivity index (χ0) is 12.7. The highest BCUT2D eigenvalue weighted by molar-refractivity contribution is 4.58. The Morgan fingerprint density at radius 1 is 1.00 bits per heavy atom. The van der Waals surface area contributed by atoms with Crippen molar-refractivity contribution in [2.45, 2.75) is 39.7 Å². The second-order valence-electron chi connectivity index (χ2n) is 5.68. The van der Waals surface area contributed by atoms with Crippen molar-refractivity contribution in [3.63, 3.8) is 0 Å². The second-order valence-corrected chi connectivity index (χ2v) is 5.68. The maximum absolute atomic E-state index is 2.41. The molecule has 102 valence electrons. The maximum atomic E-state index is 2.41. The van der Waals surface area contributed by atoms with Gasteiger partial charge in [-0.15, -0.1) is 0 Å². The number of quaternary nitrogens is 3. The van der Waals surface area contributed by atoms with Crippen molar-refractivity contribution in [2.24, 2.45) is 0 Å². The molecule has 3 heteroatoms. The molecular weight excluding hydrogens is 210 g/mol. The predicted octanol–water partition coefficient (Wildman–Crippen LogP) is -2.51. The summed E-state index contributed by atoms with van der Waals surface area (Å²) in [7, 11) is 2.41. The van der Waals surface area contributed by atoms with E-state index in [2.05, 4.69) is 27.8 Å². The Balaban J connectivity index is 2.22. The summed E-state index contributed by atoms with van der Waals surface area (Å²) in [5, 5.41) is 0. The van der Waals surface area contributed by atoms with Crippen LogP contribution in [0.2, 0.25) is 0 Å². The molecular formula is C14H34N3+3. The lowest BCUT2D eigenvalue weighted by atomic mass is 10.0. The minimum atomic E-state index is 0.931. The molecule has 1 aliphatic heterocycles. The number of nitrogens with one attached hydrogen (secondary N) is 3. The summed E-state index contributed by atoms with van der Waals surface area (Å²) >= 11 is 0. The molecule has 0 aliphatic carbocycles. The van der Waals surface area contributed by atoms with Crippen LogP contribution in [0.15, 0.2) is 0 Å². The largest absolute Gasteiger partial charge is 0.335 e. The van der Waals surface area contributed by atoms with Gasteiger partial charge in [0.15, 0.2) is 0 Å². The molecule has 0 spiro atoms. The topological polar surface area (TPSA) is 13.3 Å². The van der Waals surface area contributed by atoms with Gasteiger partial charge in [-0.1, -0.05) is 0 Å². The van der Waals surface area contributed by atoms with E-state index in [1.807, 2.05) is 4.90 Å². The van der Waals surface area contributed by atoms with E-state index in [9.17, 15) is 0 Å². The fraction of sp³-hybridized carbons (Fsp3) is 1.00. The number of hydrogen-bond donors (Lipinski definition) is 3. The summed E-state index contributed by atoms with van der Waals surface area (Å²) in [4.78, 5) is 5.34. The Labute approximate surface area is 108 Å². The number of likely N-dealkylation sites (N-methyl/N-ethyl adjacent to an activating group) is 2. The zero-order valence-corrected chi connectivity index (χ0v) is 12.4. The number of likely N-dealkylation sites (tertiary alicyclic amines) is 1. The van der Waals surface area contributed by atoms with Gasteiger partial charge >= 0.3 is 0 Å². The van der Waals surface area contributed by atoms with Crippen molar-refractivity contribution >= 4 is 0 Å². The number of rotatable bonds is 7. The van der Waals surface area contributed by atoms with Crippen molar-refractivity contribution in [1.29, 1.82) is 0 Å². The molecule has 1 aliphatic rings. The Morgan fingerprint density at radius 3 is 2.06 bits per heavy atom. The van der Waals surface area contributed by atoms with Crippen molar-refractivity contribution < 1.29 is 14.7 Å². The van der Waals surface area contributed by atoms with E-state index in [4.69, 9.17) is 0 Å². The fourth-order valence-corrected chi connectivity index (χ4v) is 3.05. The minimum Gasteiger partial charge on any atom is -0.335 e. The normalized spacial score (nSPS) is 27.4. The van der Waals surface area contributed by atoms with Gasteiger partial charge in [-0.25, -0.2) is 0 Å². The average Bonchev–Trinajstić information content (AvgIpc) is 2.39. The lowest BCUT2D eigenvalue weighted by Gasteiger charge is -2.32. The molecule has 1 atom stereocenters. The summed E-state index contributed by atoms with van der Waals surface area (Å²) in [5.41, 5.74) is 0. The van der Waals surface area contributed by atoms with E-state index in [-0.39, 0.29) is 0 Å². The standard InChI is InChI=1S/C14H31N3/c1-5-16(6-2)13-12-15(4)14-8-10-17(7-3)11-9-14/h14H,5-13H2,1-4H3/p+3. The summed E-state index contributed by atoms with van der Waals surface area (Å²) in [5.74, 6) is 0. The Kier molecular flexibility index (Phi) is 7.09. The van der Waals surface area contributed by atoms with Crippen LogP contribution in [-0.2, 0) is 0 Å². The number of piperidine rings is 1. The first kappa shape index (κ1) is 14.9. The molecule has 0 aromatic heterocycles. The summed E-state index contributed by atoms with van der Waals surface area (Å²) in [6.45, 7) is 16.3. The third-order valence-electron chi connectivity index (χ3n) is 4.76. The highest BCUT2D eigenvalue weighted by Crippen LogP contribution is 1.94. The molecule has 1 rings (SSSR count). The van der Waals surface area contributed by atoms with Crippen LogP contribution in [0.5, 0.6) is 0 Å². The van der Waals surface area contributed by atoms with E-state index >= 15 is 0 Å². The van der Waals surface area contributed by atoms with Gasteiger partial charge in [-0.3, -0.25) is 0 Å².